The molecule has 0 bridgehead atoms. The Labute approximate surface area is 125 Å². The molecular formula is C18H8N4. The lowest BCUT2D eigenvalue weighted by Crippen LogP contribution is -1.88. The van der Waals surface area contributed by atoms with Crippen molar-refractivity contribution in [1.82, 2.24) is 9.97 Å². The maximum absolute atomic E-state index is 9.19. The Kier molecular flexibility index (Phi) is 2.51. The Balaban J connectivity index is 2.18. The summed E-state index contributed by atoms with van der Waals surface area (Å²) in [6.45, 7) is 0. The number of hydrogen-bond acceptors (Lipinski definition) is 4. The van der Waals surface area contributed by atoms with E-state index in [0.717, 1.165) is 32.3 Å². The summed E-state index contributed by atoms with van der Waals surface area (Å²) in [5.74, 6) is 0. The van der Waals surface area contributed by atoms with Gasteiger partial charge >= 0.3 is 0 Å². The van der Waals surface area contributed by atoms with E-state index in [1.165, 1.54) is 0 Å². The summed E-state index contributed by atoms with van der Waals surface area (Å²) < 4.78 is 0. The van der Waals surface area contributed by atoms with Gasteiger partial charge in [0, 0.05) is 23.2 Å². The molecule has 0 N–H and O–H groups in total. The molecule has 100 valence electrons. The van der Waals surface area contributed by atoms with Gasteiger partial charge in [0.05, 0.1) is 0 Å². The van der Waals surface area contributed by atoms with Gasteiger partial charge in [-0.25, -0.2) is 9.97 Å². The van der Waals surface area contributed by atoms with Crippen molar-refractivity contribution in [2.45, 2.75) is 0 Å². The Morgan fingerprint density at radius 2 is 1.09 bits per heavy atom. The van der Waals surface area contributed by atoms with E-state index >= 15 is 0 Å². The molecule has 0 radical (unpaired) electrons. The molecule has 0 saturated heterocycles. The van der Waals surface area contributed by atoms with Crippen LogP contribution >= 0.6 is 0 Å². The number of hydrogen-bond donors (Lipinski definition) is 0. The second-order valence-corrected chi connectivity index (χ2v) is 5.04. The second-order valence-electron chi connectivity index (χ2n) is 5.04. The zero-order valence-corrected chi connectivity index (χ0v) is 11.4. The molecule has 0 aliphatic rings. The number of benzene rings is 2. The molecule has 4 nitrogen and oxygen atoms in total. The standard InChI is InChI=1S/C18H8N4/c19-9-17-15-7-14-6-12-2-4-22-18(10-20)16(12)8-13(14)5-11(15)1-3-21-17/h1-8H. The fourth-order valence-corrected chi connectivity index (χ4v) is 2.77. The first-order valence-corrected chi connectivity index (χ1v) is 6.71. The van der Waals surface area contributed by atoms with E-state index in [4.69, 9.17) is 0 Å². The summed E-state index contributed by atoms with van der Waals surface area (Å²) >= 11 is 0. The van der Waals surface area contributed by atoms with Gasteiger partial charge < -0.3 is 0 Å². The van der Waals surface area contributed by atoms with E-state index in [1.54, 1.807) is 12.4 Å². The fraction of sp³-hybridized carbons (Fsp3) is 0. The Hall–Kier alpha value is -3.50. The van der Waals surface area contributed by atoms with Crippen molar-refractivity contribution in [3.63, 3.8) is 0 Å². The summed E-state index contributed by atoms with van der Waals surface area (Å²) in [6.07, 6.45) is 3.27. The lowest BCUT2D eigenvalue weighted by molar-refractivity contribution is 1.30. The van der Waals surface area contributed by atoms with Crippen molar-refractivity contribution in [2.75, 3.05) is 0 Å². The zero-order valence-electron chi connectivity index (χ0n) is 11.4. The third kappa shape index (κ3) is 1.69. The molecule has 0 spiro atoms. The first-order chi connectivity index (χ1) is 10.8. The number of pyridine rings is 2. The summed E-state index contributed by atoms with van der Waals surface area (Å²) in [5, 5.41) is 24.0. The molecule has 0 amide bonds. The van der Waals surface area contributed by atoms with Crippen LogP contribution in [0.4, 0.5) is 0 Å². The summed E-state index contributed by atoms with van der Waals surface area (Å²) in [5.41, 5.74) is 0.846. The lowest BCUT2D eigenvalue weighted by Gasteiger charge is -2.06. The summed E-state index contributed by atoms with van der Waals surface area (Å²) in [4.78, 5) is 8.22. The first-order valence-electron chi connectivity index (χ1n) is 6.71. The number of fused-ring (bicyclic) bond motifs is 3. The van der Waals surface area contributed by atoms with Crippen LogP contribution in [-0.4, -0.2) is 9.97 Å². The molecule has 4 heteroatoms. The molecule has 0 aliphatic heterocycles. The molecule has 4 aromatic rings. The van der Waals surface area contributed by atoms with E-state index in [2.05, 4.69) is 22.1 Å². The molecule has 2 aromatic carbocycles. The molecule has 22 heavy (non-hydrogen) atoms. The van der Waals surface area contributed by atoms with Crippen LogP contribution in [0.2, 0.25) is 0 Å². The highest BCUT2D eigenvalue weighted by Gasteiger charge is 2.07. The minimum atomic E-state index is 0.423. The van der Waals surface area contributed by atoms with Crippen molar-refractivity contribution >= 4 is 32.3 Å². The van der Waals surface area contributed by atoms with Crippen LogP contribution in [0.25, 0.3) is 32.3 Å². The van der Waals surface area contributed by atoms with E-state index in [1.807, 2.05) is 36.4 Å². The average molecular weight is 280 g/mol. The minimum Gasteiger partial charge on any atom is -0.245 e. The number of aromatic nitrogens is 2. The third-order valence-electron chi connectivity index (χ3n) is 3.81. The molecule has 4 rings (SSSR count). The van der Waals surface area contributed by atoms with E-state index in [0.29, 0.717) is 11.4 Å². The molecule has 0 unspecified atom stereocenters. The number of rotatable bonds is 0. The predicted molar refractivity (Wildman–Crippen MR) is 84.0 cm³/mol. The highest BCUT2D eigenvalue weighted by molar-refractivity contribution is 6.06. The average Bonchev–Trinajstić information content (AvgIpc) is 2.57. The van der Waals surface area contributed by atoms with E-state index < -0.39 is 0 Å². The fourth-order valence-electron chi connectivity index (χ4n) is 2.77. The summed E-state index contributed by atoms with van der Waals surface area (Å²) in [6, 6.07) is 16.0. The van der Waals surface area contributed by atoms with Gasteiger partial charge in [0.2, 0.25) is 0 Å². The molecule has 0 saturated carbocycles. The SMILES string of the molecule is N#Cc1nccc2cc3cc4c(C#N)nccc4cc3cc12. The molecule has 0 aliphatic carbocycles. The number of nitrogens with zero attached hydrogens (tertiary/aromatic N) is 4. The Morgan fingerprint density at radius 3 is 1.50 bits per heavy atom. The van der Waals surface area contributed by atoms with Crippen LogP contribution in [0.5, 0.6) is 0 Å². The van der Waals surface area contributed by atoms with Crippen LogP contribution in [0.1, 0.15) is 11.4 Å². The van der Waals surface area contributed by atoms with Crippen LogP contribution in [0.3, 0.4) is 0 Å². The van der Waals surface area contributed by atoms with Crippen LogP contribution in [-0.2, 0) is 0 Å². The third-order valence-corrected chi connectivity index (χ3v) is 3.81. The van der Waals surface area contributed by atoms with Gasteiger partial charge in [-0.2, -0.15) is 10.5 Å². The molecule has 0 atom stereocenters. The predicted octanol–water partition coefficient (Wildman–Crippen LogP) is 3.68. The van der Waals surface area contributed by atoms with Gasteiger partial charge in [-0.05, 0) is 57.9 Å². The maximum Gasteiger partial charge on any atom is 0.148 e. The monoisotopic (exact) mass is 280 g/mol. The Morgan fingerprint density at radius 1 is 0.636 bits per heavy atom. The molecular weight excluding hydrogens is 272 g/mol. The highest BCUT2D eigenvalue weighted by Crippen LogP contribution is 2.29. The molecule has 0 fully saturated rings. The van der Waals surface area contributed by atoms with Crippen molar-refractivity contribution in [2.24, 2.45) is 0 Å². The highest BCUT2D eigenvalue weighted by atomic mass is 14.7. The van der Waals surface area contributed by atoms with Crippen molar-refractivity contribution in [3.05, 3.63) is 60.2 Å². The minimum absolute atomic E-state index is 0.423. The number of nitriles is 2. The van der Waals surface area contributed by atoms with E-state index in [9.17, 15) is 10.5 Å². The first kappa shape index (κ1) is 12.3. The second kappa shape index (κ2) is 4.51. The van der Waals surface area contributed by atoms with E-state index in [-0.39, 0.29) is 0 Å². The van der Waals surface area contributed by atoms with Gasteiger partial charge in [0.15, 0.2) is 0 Å². The topological polar surface area (TPSA) is 73.4 Å². The normalized spacial score (nSPS) is 10.6. The smallest absolute Gasteiger partial charge is 0.148 e. The molecule has 2 heterocycles. The van der Waals surface area contributed by atoms with Gasteiger partial charge in [-0.15, -0.1) is 0 Å². The van der Waals surface area contributed by atoms with Crippen LogP contribution in [0.15, 0.2) is 48.8 Å². The lowest BCUT2D eigenvalue weighted by atomic mass is 9.99. The van der Waals surface area contributed by atoms with Gasteiger partial charge in [0.25, 0.3) is 0 Å². The van der Waals surface area contributed by atoms with Crippen molar-refractivity contribution < 1.29 is 0 Å². The Bertz CT molecular complexity index is 1050. The molecule has 2 aromatic heterocycles. The van der Waals surface area contributed by atoms with Gasteiger partial charge in [-0.3, -0.25) is 0 Å². The van der Waals surface area contributed by atoms with Crippen molar-refractivity contribution in [3.8, 4) is 12.1 Å². The maximum atomic E-state index is 9.19. The van der Waals surface area contributed by atoms with Crippen molar-refractivity contribution in [1.29, 1.82) is 10.5 Å². The van der Waals surface area contributed by atoms with Gasteiger partial charge in [0.1, 0.15) is 23.5 Å². The van der Waals surface area contributed by atoms with Crippen LogP contribution < -0.4 is 0 Å². The van der Waals surface area contributed by atoms with Crippen LogP contribution in [0, 0.1) is 22.7 Å². The quantitative estimate of drug-likeness (QED) is 0.460. The zero-order chi connectivity index (χ0) is 15.1. The largest absolute Gasteiger partial charge is 0.245 e. The summed E-state index contributed by atoms with van der Waals surface area (Å²) in [7, 11) is 0. The van der Waals surface area contributed by atoms with Gasteiger partial charge in [-0.1, -0.05) is 0 Å².